The van der Waals surface area contributed by atoms with Crippen LogP contribution in [0.5, 0.6) is 11.5 Å². The summed E-state index contributed by atoms with van der Waals surface area (Å²) in [5.41, 5.74) is 4.13. The molecule has 32 heavy (non-hydrogen) atoms. The van der Waals surface area contributed by atoms with Crippen LogP contribution < -0.4 is 4.74 Å². The molecule has 0 bridgehead atoms. The van der Waals surface area contributed by atoms with Crippen molar-refractivity contribution < 1.29 is 13.5 Å². The highest BCUT2D eigenvalue weighted by molar-refractivity contribution is 6.03. The number of benzene rings is 2. The highest BCUT2D eigenvalue weighted by Crippen LogP contribution is 2.31. The molecule has 2 aromatic carbocycles. The number of hydrogen-bond acceptors (Lipinski definition) is 2. The molecule has 0 aliphatic heterocycles. The molecule has 0 saturated carbocycles. The Balaban J connectivity index is 2.46. The molecule has 0 radical (unpaired) electrons. The molecule has 172 valence electrons. The van der Waals surface area contributed by atoms with Gasteiger partial charge in [0.05, 0.1) is 11.4 Å². The van der Waals surface area contributed by atoms with E-state index in [1.807, 2.05) is 24.3 Å². The summed E-state index contributed by atoms with van der Waals surface area (Å²) in [5.74, 6) is -1.68. The first-order valence-corrected chi connectivity index (χ1v) is 11.4. The van der Waals surface area contributed by atoms with Gasteiger partial charge < -0.3 is 4.74 Å². The molecule has 0 N–H and O–H groups in total. The molecule has 0 aliphatic rings. The number of nitrogens with zero attached hydrogens (tertiary/aromatic N) is 1. The summed E-state index contributed by atoms with van der Waals surface area (Å²) in [5, 5.41) is 0. The Labute approximate surface area is 191 Å². The van der Waals surface area contributed by atoms with Crippen LogP contribution >= 0.6 is 0 Å². The molecule has 0 saturated heterocycles. The summed E-state index contributed by atoms with van der Waals surface area (Å²) in [4.78, 5) is 5.07. The fourth-order valence-electron chi connectivity index (χ4n) is 3.16. The molecular weight excluding hydrogens is 404 g/mol. The van der Waals surface area contributed by atoms with Gasteiger partial charge in [0.1, 0.15) is 11.5 Å². The van der Waals surface area contributed by atoms with Crippen molar-refractivity contribution in [3.8, 4) is 11.5 Å². The van der Waals surface area contributed by atoms with Crippen LogP contribution in [-0.4, -0.2) is 5.71 Å². The minimum atomic E-state index is -2.91. The van der Waals surface area contributed by atoms with Crippen molar-refractivity contribution in [2.45, 2.75) is 66.7 Å². The first-order valence-electron chi connectivity index (χ1n) is 11.4. The summed E-state index contributed by atoms with van der Waals surface area (Å²) in [6, 6.07) is 13.8. The lowest BCUT2D eigenvalue weighted by Gasteiger charge is -2.16. The Hall–Kier alpha value is -2.75. The third-order valence-corrected chi connectivity index (χ3v) is 5.51. The maximum Gasteiger partial charge on any atom is 0.270 e. The van der Waals surface area contributed by atoms with E-state index < -0.39 is 5.92 Å². The Morgan fingerprint density at radius 1 is 1.06 bits per heavy atom. The summed E-state index contributed by atoms with van der Waals surface area (Å²) < 4.78 is 33.3. The minimum absolute atomic E-state index is 0.0689. The summed E-state index contributed by atoms with van der Waals surface area (Å²) in [6.07, 6.45) is 7.06. The van der Waals surface area contributed by atoms with Gasteiger partial charge in [-0.15, -0.1) is 0 Å². The van der Waals surface area contributed by atoms with Crippen molar-refractivity contribution in [3.05, 3.63) is 83.1 Å². The minimum Gasteiger partial charge on any atom is -0.457 e. The van der Waals surface area contributed by atoms with Crippen LogP contribution in [0.2, 0.25) is 0 Å². The molecule has 0 amide bonds. The summed E-state index contributed by atoms with van der Waals surface area (Å²) in [7, 11) is 0. The standard InChI is InChI=1S/C28H35F2NO/c1-7-10-17-26(20(4)8-2)31-27(21(5)9-3)22-13-11-15-24(18-22)32-25-16-12-14-23(19-25)28(6,29)30/h10-19,21H,7-9H2,1-6H3/b17-10-,26-20+,31-27?. The number of ether oxygens (including phenoxy) is 1. The van der Waals surface area contributed by atoms with E-state index in [4.69, 9.17) is 9.73 Å². The van der Waals surface area contributed by atoms with Gasteiger partial charge >= 0.3 is 0 Å². The maximum atomic E-state index is 13.7. The molecule has 0 fully saturated rings. The van der Waals surface area contributed by atoms with Crippen molar-refractivity contribution in [2.24, 2.45) is 10.9 Å². The largest absolute Gasteiger partial charge is 0.457 e. The predicted octanol–water partition coefficient (Wildman–Crippen LogP) is 9.08. The van der Waals surface area contributed by atoms with Gasteiger partial charge in [-0.05, 0) is 73.6 Å². The molecule has 2 aromatic rings. The smallest absolute Gasteiger partial charge is 0.270 e. The van der Waals surface area contributed by atoms with E-state index >= 15 is 0 Å². The highest BCUT2D eigenvalue weighted by Gasteiger charge is 2.24. The van der Waals surface area contributed by atoms with Crippen LogP contribution in [0.25, 0.3) is 0 Å². The summed E-state index contributed by atoms with van der Waals surface area (Å²) >= 11 is 0. The van der Waals surface area contributed by atoms with Gasteiger partial charge in [0.2, 0.25) is 0 Å². The van der Waals surface area contributed by atoms with Gasteiger partial charge in [0.15, 0.2) is 0 Å². The van der Waals surface area contributed by atoms with E-state index in [1.54, 1.807) is 12.1 Å². The lowest BCUT2D eigenvalue weighted by atomic mass is 9.95. The molecule has 1 atom stereocenters. The molecular formula is C28H35F2NO. The molecule has 0 spiro atoms. The van der Waals surface area contributed by atoms with E-state index in [-0.39, 0.29) is 11.5 Å². The van der Waals surface area contributed by atoms with Gasteiger partial charge in [0, 0.05) is 12.5 Å². The number of hydrogen-bond donors (Lipinski definition) is 0. The van der Waals surface area contributed by atoms with E-state index in [9.17, 15) is 8.78 Å². The molecule has 0 aromatic heterocycles. The van der Waals surface area contributed by atoms with Crippen LogP contribution in [0.3, 0.4) is 0 Å². The second-order valence-electron chi connectivity index (χ2n) is 8.18. The number of halogens is 2. The van der Waals surface area contributed by atoms with Gasteiger partial charge in [-0.1, -0.05) is 58.0 Å². The first kappa shape index (κ1) is 25.5. The van der Waals surface area contributed by atoms with Gasteiger partial charge in [0.25, 0.3) is 5.92 Å². The second-order valence-corrected chi connectivity index (χ2v) is 8.18. The van der Waals surface area contributed by atoms with E-state index in [2.05, 4.69) is 46.8 Å². The van der Waals surface area contributed by atoms with Crippen molar-refractivity contribution in [2.75, 3.05) is 0 Å². The number of allylic oxidation sites excluding steroid dienone is 3. The predicted molar refractivity (Wildman–Crippen MR) is 131 cm³/mol. The lowest BCUT2D eigenvalue weighted by molar-refractivity contribution is 0.0173. The van der Waals surface area contributed by atoms with Crippen molar-refractivity contribution in [1.29, 1.82) is 0 Å². The van der Waals surface area contributed by atoms with Crippen molar-refractivity contribution in [3.63, 3.8) is 0 Å². The highest BCUT2D eigenvalue weighted by atomic mass is 19.3. The Morgan fingerprint density at radius 3 is 2.31 bits per heavy atom. The fraction of sp³-hybridized carbons (Fsp3) is 0.393. The molecule has 2 rings (SSSR count). The van der Waals surface area contributed by atoms with Gasteiger partial charge in [-0.2, -0.15) is 0 Å². The maximum absolute atomic E-state index is 13.7. The zero-order chi connectivity index (χ0) is 23.7. The van der Waals surface area contributed by atoms with Crippen LogP contribution in [0.1, 0.15) is 71.9 Å². The quantitative estimate of drug-likeness (QED) is 0.267. The molecule has 0 aliphatic carbocycles. The zero-order valence-electron chi connectivity index (χ0n) is 20.1. The average molecular weight is 440 g/mol. The fourth-order valence-corrected chi connectivity index (χ4v) is 3.16. The van der Waals surface area contributed by atoms with Gasteiger partial charge in [-0.3, -0.25) is 4.99 Å². The van der Waals surface area contributed by atoms with E-state index in [0.717, 1.165) is 43.2 Å². The third-order valence-electron chi connectivity index (χ3n) is 5.51. The average Bonchev–Trinajstić information content (AvgIpc) is 2.78. The SMILES string of the molecule is CC/C=C\C(N=C(c1cccc(Oc2cccc(C(C)(F)F)c2)c1)C(C)CC)=C(\C)CC. The molecule has 1 unspecified atom stereocenters. The van der Waals surface area contributed by atoms with Crippen molar-refractivity contribution >= 4 is 5.71 Å². The number of rotatable bonds is 10. The monoisotopic (exact) mass is 439 g/mol. The number of alkyl halides is 2. The first-order chi connectivity index (χ1) is 15.2. The Kier molecular flexibility index (Phi) is 9.37. The Bertz CT molecular complexity index is 983. The third kappa shape index (κ3) is 7.15. The van der Waals surface area contributed by atoms with Crippen LogP contribution in [0.4, 0.5) is 8.78 Å². The molecule has 0 heterocycles. The van der Waals surface area contributed by atoms with E-state index in [0.29, 0.717) is 11.5 Å². The normalized spacial score (nSPS) is 14.4. The van der Waals surface area contributed by atoms with Crippen LogP contribution in [0.15, 0.2) is 76.9 Å². The van der Waals surface area contributed by atoms with Crippen molar-refractivity contribution in [1.82, 2.24) is 0 Å². The lowest BCUT2D eigenvalue weighted by Crippen LogP contribution is -2.12. The zero-order valence-corrected chi connectivity index (χ0v) is 20.1. The second kappa shape index (κ2) is 11.8. The van der Waals surface area contributed by atoms with Gasteiger partial charge in [-0.25, -0.2) is 8.78 Å². The topological polar surface area (TPSA) is 21.6 Å². The van der Waals surface area contributed by atoms with Crippen LogP contribution in [-0.2, 0) is 5.92 Å². The molecule has 4 heteroatoms. The summed E-state index contributed by atoms with van der Waals surface area (Å²) in [6.45, 7) is 11.6. The van der Waals surface area contributed by atoms with Crippen LogP contribution in [0, 0.1) is 5.92 Å². The molecule has 2 nitrogen and oxygen atoms in total. The number of aliphatic imine (C=N–C) groups is 1. The Morgan fingerprint density at radius 2 is 1.72 bits per heavy atom. The van der Waals surface area contributed by atoms with E-state index in [1.165, 1.54) is 17.7 Å².